The fourth-order valence-corrected chi connectivity index (χ4v) is 12.2. The molecule has 0 saturated heterocycles. The van der Waals surface area contributed by atoms with Crippen molar-refractivity contribution in [3.05, 3.63) is 219 Å². The Labute approximate surface area is 401 Å². The highest BCUT2D eigenvalue weighted by molar-refractivity contribution is 7.25. The number of hydrogen-bond acceptors (Lipinski definition) is 5. The van der Waals surface area contributed by atoms with Crippen molar-refractivity contribution in [3.8, 4) is 112 Å². The summed E-state index contributed by atoms with van der Waals surface area (Å²) in [6, 6.07) is 75.0. The Morgan fingerprint density at radius 3 is 1.33 bits per heavy atom. The van der Waals surface area contributed by atoms with Crippen molar-refractivity contribution in [1.29, 1.82) is 0 Å². The van der Waals surface area contributed by atoms with Crippen LogP contribution in [0.5, 0.6) is 0 Å². The van der Waals surface area contributed by atoms with Gasteiger partial charge in [0.25, 0.3) is 0 Å². The molecular formula is C64H36N4S. The van der Waals surface area contributed by atoms with E-state index in [0.717, 1.165) is 38.9 Å². The van der Waals surface area contributed by atoms with Gasteiger partial charge in [0.2, 0.25) is 0 Å². The molecule has 0 atom stereocenters. The van der Waals surface area contributed by atoms with Gasteiger partial charge in [-0.25, -0.2) is 15.0 Å². The largest absolute Gasteiger partial charge is 0.264 e. The summed E-state index contributed by atoms with van der Waals surface area (Å²) in [5.41, 5.74) is 19.7. The van der Waals surface area contributed by atoms with Gasteiger partial charge in [0.05, 0.1) is 0 Å². The number of hydrogen-bond donors (Lipinski definition) is 0. The van der Waals surface area contributed by atoms with Gasteiger partial charge in [-0.2, -0.15) is 0 Å². The Balaban J connectivity index is 0.976. The Bertz CT molecular complexity index is 4090. The summed E-state index contributed by atoms with van der Waals surface area (Å²) < 4.78 is 2.50. The molecule has 13 aromatic rings. The minimum absolute atomic E-state index is 0.612. The summed E-state index contributed by atoms with van der Waals surface area (Å²) in [6.07, 6.45) is 3.70. The molecule has 69 heavy (non-hydrogen) atoms. The molecule has 0 radical (unpaired) electrons. The minimum atomic E-state index is 0.612. The summed E-state index contributed by atoms with van der Waals surface area (Å²) in [4.78, 5) is 20.5. The molecule has 0 fully saturated rings. The molecule has 0 saturated carbocycles. The minimum Gasteiger partial charge on any atom is -0.264 e. The monoisotopic (exact) mass is 892 g/mol. The zero-order valence-corrected chi connectivity index (χ0v) is 37.8. The summed E-state index contributed by atoms with van der Waals surface area (Å²) in [6.45, 7) is 0. The van der Waals surface area contributed by atoms with Crippen LogP contribution in [0.25, 0.3) is 154 Å². The van der Waals surface area contributed by atoms with E-state index in [1.54, 1.807) is 6.20 Å². The zero-order chi connectivity index (χ0) is 45.2. The molecule has 0 N–H and O–H groups in total. The highest BCUT2D eigenvalue weighted by atomic mass is 32.1. The van der Waals surface area contributed by atoms with Crippen LogP contribution in [0.15, 0.2) is 219 Å². The van der Waals surface area contributed by atoms with E-state index in [4.69, 9.17) is 15.0 Å². The van der Waals surface area contributed by atoms with E-state index in [9.17, 15) is 0 Å². The molecule has 5 heteroatoms. The molecule has 0 aliphatic heterocycles. The number of aromatic nitrogens is 4. The summed E-state index contributed by atoms with van der Waals surface area (Å²) >= 11 is 1.81. The first-order valence-corrected chi connectivity index (χ1v) is 24.2. The lowest BCUT2D eigenvalue weighted by Gasteiger charge is -2.16. The molecule has 0 bridgehead atoms. The van der Waals surface area contributed by atoms with E-state index in [1.807, 2.05) is 23.6 Å². The van der Waals surface area contributed by atoms with Crippen LogP contribution in [-0.2, 0) is 0 Å². The van der Waals surface area contributed by atoms with Gasteiger partial charge in [-0.15, -0.1) is 11.3 Å². The Kier molecular flexibility index (Phi) is 8.20. The third-order valence-electron chi connectivity index (χ3n) is 14.3. The number of thiophene rings is 1. The van der Waals surface area contributed by atoms with E-state index < -0.39 is 0 Å². The quantitative estimate of drug-likeness (QED) is 0.167. The summed E-state index contributed by atoms with van der Waals surface area (Å²) in [5, 5.41) is 7.47. The van der Waals surface area contributed by atoms with Crippen molar-refractivity contribution in [2.24, 2.45) is 0 Å². The number of fused-ring (bicyclic) bond motifs is 9. The molecule has 3 heterocycles. The molecule has 0 spiro atoms. The first-order valence-electron chi connectivity index (χ1n) is 23.3. The fraction of sp³-hybridized carbons (Fsp3) is 0. The van der Waals surface area contributed by atoms with Crippen molar-refractivity contribution in [3.63, 3.8) is 0 Å². The van der Waals surface area contributed by atoms with Crippen LogP contribution in [0.3, 0.4) is 0 Å². The van der Waals surface area contributed by atoms with Crippen LogP contribution in [0.4, 0.5) is 0 Å². The number of rotatable bonds is 6. The number of nitrogens with zero attached hydrogens (tertiary/aromatic N) is 4. The van der Waals surface area contributed by atoms with Crippen molar-refractivity contribution < 1.29 is 0 Å². The highest BCUT2D eigenvalue weighted by Crippen LogP contribution is 2.52. The lowest BCUT2D eigenvalue weighted by Crippen LogP contribution is -2.01. The summed E-state index contributed by atoms with van der Waals surface area (Å²) in [5.74, 6) is 1.85. The molecule has 10 aromatic carbocycles. The van der Waals surface area contributed by atoms with E-state index in [1.165, 1.54) is 97.4 Å². The smallest absolute Gasteiger partial charge is 0.164 e. The first-order chi connectivity index (χ1) is 34.2. The average Bonchev–Trinajstić information content (AvgIpc) is 4.08. The van der Waals surface area contributed by atoms with Gasteiger partial charge < -0.3 is 0 Å². The van der Waals surface area contributed by atoms with Gasteiger partial charge in [0.15, 0.2) is 17.5 Å². The van der Waals surface area contributed by atoms with Crippen LogP contribution in [0, 0.1) is 0 Å². The van der Waals surface area contributed by atoms with Gasteiger partial charge in [0, 0.05) is 49.3 Å². The molecule has 318 valence electrons. The highest BCUT2D eigenvalue weighted by Gasteiger charge is 2.26. The topological polar surface area (TPSA) is 51.6 Å². The molecule has 2 aliphatic rings. The van der Waals surface area contributed by atoms with Gasteiger partial charge >= 0.3 is 0 Å². The lowest BCUT2D eigenvalue weighted by atomic mass is 9.89. The standard InChI is InChI=1S/C64H36N4S/c1-3-13-48-46(11-1)53-18-7-16-51-44(26-28-55(48)60(51)53)41-32-42(45-27-29-56-49-14-4-2-12-47(49)54-19-8-17-52(45)61(54)56)34-43(33-41)64-67-62(38-23-21-37(22-24-38)40-10-9-31-65-36-40)66-63(68-64)39-25-30-59-57(35-39)50-15-5-6-20-58(50)69-59/h1-36H. The maximum Gasteiger partial charge on any atom is 0.164 e. The van der Waals surface area contributed by atoms with Crippen LogP contribution >= 0.6 is 11.3 Å². The van der Waals surface area contributed by atoms with E-state index in [-0.39, 0.29) is 0 Å². The third-order valence-corrected chi connectivity index (χ3v) is 15.5. The van der Waals surface area contributed by atoms with E-state index >= 15 is 0 Å². The SMILES string of the molecule is c1cncc(-c2ccc(-c3nc(-c4cc(-c5ccc6c7c(cccc57)-c5ccccc5-6)cc(-c5ccc6c7c(cccc57)-c5ccccc5-6)c4)nc(-c4ccc5sc6ccccc6c5c4)n3)cc2)c1. The molecule has 0 amide bonds. The van der Waals surface area contributed by atoms with Gasteiger partial charge in [-0.3, -0.25) is 4.98 Å². The van der Waals surface area contributed by atoms with Crippen LogP contribution in [-0.4, -0.2) is 19.9 Å². The molecule has 15 rings (SSSR count). The molecule has 0 unspecified atom stereocenters. The lowest BCUT2D eigenvalue weighted by molar-refractivity contribution is 1.07. The molecule has 3 aromatic heterocycles. The van der Waals surface area contributed by atoms with Crippen LogP contribution < -0.4 is 0 Å². The maximum absolute atomic E-state index is 5.43. The van der Waals surface area contributed by atoms with Gasteiger partial charge in [-0.05, 0) is 148 Å². The van der Waals surface area contributed by atoms with Crippen molar-refractivity contribution in [2.45, 2.75) is 0 Å². The molecule has 2 aliphatic carbocycles. The Morgan fingerprint density at radius 2 is 0.725 bits per heavy atom. The second-order valence-corrected chi connectivity index (χ2v) is 19.2. The third kappa shape index (κ3) is 5.88. The van der Waals surface area contributed by atoms with E-state index in [0.29, 0.717) is 17.5 Å². The second-order valence-electron chi connectivity index (χ2n) is 18.1. The first kappa shape index (κ1) is 38.2. The number of benzene rings is 10. The van der Waals surface area contributed by atoms with Crippen LogP contribution in [0.1, 0.15) is 0 Å². The van der Waals surface area contributed by atoms with Crippen molar-refractivity contribution in [2.75, 3.05) is 0 Å². The van der Waals surface area contributed by atoms with Crippen LogP contribution in [0.2, 0.25) is 0 Å². The molecule has 4 nitrogen and oxygen atoms in total. The van der Waals surface area contributed by atoms with Gasteiger partial charge in [0.1, 0.15) is 0 Å². The van der Waals surface area contributed by atoms with Gasteiger partial charge in [-0.1, -0.05) is 158 Å². The normalized spacial score (nSPS) is 12.1. The fourth-order valence-electron chi connectivity index (χ4n) is 11.2. The average molecular weight is 893 g/mol. The molecular weight excluding hydrogens is 857 g/mol. The summed E-state index contributed by atoms with van der Waals surface area (Å²) in [7, 11) is 0. The van der Waals surface area contributed by atoms with Crippen molar-refractivity contribution in [1.82, 2.24) is 19.9 Å². The van der Waals surface area contributed by atoms with E-state index in [2.05, 4.69) is 205 Å². The second kappa shape index (κ2) is 14.8. The zero-order valence-electron chi connectivity index (χ0n) is 37.0. The predicted octanol–water partition coefficient (Wildman–Crippen LogP) is 17.2. The maximum atomic E-state index is 5.43. The Hall–Kier alpha value is -8.90. The number of pyridine rings is 1. The van der Waals surface area contributed by atoms with Crippen molar-refractivity contribution >= 4 is 53.1 Å². The Morgan fingerprint density at radius 1 is 0.261 bits per heavy atom. The predicted molar refractivity (Wildman–Crippen MR) is 287 cm³/mol.